The third-order valence-electron chi connectivity index (χ3n) is 5.90. The van der Waals surface area contributed by atoms with Crippen molar-refractivity contribution in [3.63, 3.8) is 0 Å². The summed E-state index contributed by atoms with van der Waals surface area (Å²) >= 11 is 0. The molecule has 0 saturated carbocycles. The van der Waals surface area contributed by atoms with Crippen LogP contribution in [0, 0.1) is 11.6 Å². The number of hydrogen-bond acceptors (Lipinski definition) is 5. The summed E-state index contributed by atoms with van der Waals surface area (Å²) in [6, 6.07) is 23.2. The number of hydrogen-bond donors (Lipinski definition) is 3. The molecule has 9 nitrogen and oxygen atoms in total. The summed E-state index contributed by atoms with van der Waals surface area (Å²) in [4.78, 5) is 28.7. The number of nitrogens with zero attached hydrogens (tertiary/aromatic N) is 3. The van der Waals surface area contributed by atoms with Crippen LogP contribution in [0.15, 0.2) is 97.2 Å². The Labute approximate surface area is 233 Å². The van der Waals surface area contributed by atoms with E-state index in [1.165, 1.54) is 19.3 Å². The van der Waals surface area contributed by atoms with E-state index < -0.39 is 17.7 Å². The van der Waals surface area contributed by atoms with Gasteiger partial charge in [0.05, 0.1) is 5.69 Å². The summed E-state index contributed by atoms with van der Waals surface area (Å²) in [5.41, 5.74) is 2.03. The van der Waals surface area contributed by atoms with Gasteiger partial charge in [-0.05, 0) is 48.0 Å². The normalized spacial score (nSPS) is 10.6. The van der Waals surface area contributed by atoms with Crippen LogP contribution in [-0.4, -0.2) is 33.8 Å². The lowest BCUT2D eigenvalue weighted by Gasteiger charge is -2.11. The molecule has 0 aliphatic rings. The molecule has 3 amide bonds. The monoisotopic (exact) mass is 554 g/mol. The molecule has 0 fully saturated rings. The second kappa shape index (κ2) is 12.1. The molecule has 3 aromatic carbocycles. The molecule has 3 N–H and O–H groups in total. The second-order valence-electron chi connectivity index (χ2n) is 8.85. The van der Waals surface area contributed by atoms with Crippen LogP contribution in [0.25, 0.3) is 5.69 Å². The molecule has 0 atom stereocenters. The van der Waals surface area contributed by atoms with E-state index in [1.54, 1.807) is 36.4 Å². The summed E-state index contributed by atoms with van der Waals surface area (Å²) < 4.78 is 35.6. The quantitative estimate of drug-likeness (QED) is 0.220. The van der Waals surface area contributed by atoms with E-state index in [0.717, 1.165) is 28.4 Å². The maximum atomic E-state index is 14.6. The minimum Gasteiger partial charge on any atom is -0.457 e. The number of carbonyl (C=O) groups excluding carboxylic acids is 2. The van der Waals surface area contributed by atoms with Gasteiger partial charge in [0.1, 0.15) is 40.3 Å². The number of ether oxygens (including phenoxy) is 1. The summed E-state index contributed by atoms with van der Waals surface area (Å²) in [6.45, 7) is 0. The third kappa shape index (κ3) is 6.71. The molecule has 0 spiro atoms. The van der Waals surface area contributed by atoms with E-state index in [1.807, 2.05) is 30.3 Å². The molecular formula is C30H24F2N6O3. The lowest BCUT2D eigenvalue weighted by atomic mass is 10.1. The fraction of sp³-hybridized carbons (Fsp3) is 0.0667. The van der Waals surface area contributed by atoms with E-state index in [2.05, 4.69) is 26.0 Å². The largest absolute Gasteiger partial charge is 0.457 e. The fourth-order valence-corrected chi connectivity index (χ4v) is 3.99. The number of urea groups is 1. The number of amides is 3. The van der Waals surface area contributed by atoms with Crippen LogP contribution in [0.2, 0.25) is 0 Å². The van der Waals surface area contributed by atoms with Gasteiger partial charge in [-0.1, -0.05) is 30.3 Å². The second-order valence-corrected chi connectivity index (χ2v) is 8.85. The van der Waals surface area contributed by atoms with Gasteiger partial charge in [0.25, 0.3) is 5.91 Å². The van der Waals surface area contributed by atoms with Gasteiger partial charge >= 0.3 is 6.03 Å². The number of benzene rings is 3. The first-order chi connectivity index (χ1) is 19.9. The number of nitrogens with one attached hydrogen (secondary N) is 3. The summed E-state index contributed by atoms with van der Waals surface area (Å²) in [6.07, 6.45) is 1.89. The lowest BCUT2D eigenvalue weighted by molar-refractivity contribution is 0.0957. The van der Waals surface area contributed by atoms with Crippen molar-refractivity contribution in [2.45, 2.75) is 6.42 Å². The Morgan fingerprint density at radius 1 is 0.878 bits per heavy atom. The standard InChI is InChI=1S/C30H24F2N6O3/c1-33-29(39)26-18-24(13-14-34-26)41-23-10-8-21(9-11-23)35-30(40)36-28-17-22(15-19-5-3-2-4-6-19)37-38(28)27-16-20(31)7-12-25(27)32/h2-14,16-18H,15H2,1H3,(H,33,39)(H2,35,36,40). The van der Waals surface area contributed by atoms with E-state index >= 15 is 0 Å². The molecule has 0 bridgehead atoms. The molecule has 0 radical (unpaired) electrons. The minimum atomic E-state index is -0.698. The van der Waals surface area contributed by atoms with Crippen molar-refractivity contribution >= 4 is 23.4 Å². The van der Waals surface area contributed by atoms with E-state index in [0.29, 0.717) is 29.3 Å². The molecule has 2 heterocycles. The molecule has 206 valence electrons. The Balaban J connectivity index is 1.31. The molecule has 0 aliphatic heterocycles. The topological polar surface area (TPSA) is 110 Å². The van der Waals surface area contributed by atoms with Gasteiger partial charge in [0.2, 0.25) is 0 Å². The highest BCUT2D eigenvalue weighted by atomic mass is 19.1. The van der Waals surface area contributed by atoms with Crippen molar-refractivity contribution in [2.24, 2.45) is 0 Å². The van der Waals surface area contributed by atoms with Crippen molar-refractivity contribution in [3.8, 4) is 17.2 Å². The zero-order chi connectivity index (χ0) is 28.8. The van der Waals surface area contributed by atoms with Gasteiger partial charge in [-0.15, -0.1) is 0 Å². The number of pyridine rings is 1. The lowest BCUT2D eigenvalue weighted by Crippen LogP contribution is -2.21. The number of carbonyl (C=O) groups is 2. The number of halogens is 2. The summed E-state index contributed by atoms with van der Waals surface area (Å²) in [5, 5.41) is 12.3. The SMILES string of the molecule is CNC(=O)c1cc(Oc2ccc(NC(=O)Nc3cc(Cc4ccccc4)nn3-c3cc(F)ccc3F)cc2)ccn1. The molecule has 0 aliphatic carbocycles. The van der Waals surface area contributed by atoms with Gasteiger partial charge in [-0.3, -0.25) is 15.1 Å². The van der Waals surface area contributed by atoms with Crippen LogP contribution in [0.5, 0.6) is 11.5 Å². The summed E-state index contributed by atoms with van der Waals surface area (Å²) in [7, 11) is 1.51. The highest BCUT2D eigenvalue weighted by Crippen LogP contribution is 2.25. The highest BCUT2D eigenvalue weighted by molar-refractivity contribution is 5.99. The molecule has 5 rings (SSSR count). The van der Waals surface area contributed by atoms with Crippen molar-refractivity contribution in [2.75, 3.05) is 17.7 Å². The smallest absolute Gasteiger partial charge is 0.324 e. The van der Waals surface area contributed by atoms with Crippen molar-refractivity contribution < 1.29 is 23.1 Å². The average molecular weight is 555 g/mol. The third-order valence-corrected chi connectivity index (χ3v) is 5.90. The maximum absolute atomic E-state index is 14.6. The van der Waals surface area contributed by atoms with Crippen LogP contribution in [-0.2, 0) is 6.42 Å². The predicted molar refractivity (Wildman–Crippen MR) is 150 cm³/mol. The Morgan fingerprint density at radius 2 is 1.66 bits per heavy atom. The number of aromatic nitrogens is 3. The van der Waals surface area contributed by atoms with Gasteiger partial charge in [-0.2, -0.15) is 5.10 Å². The first-order valence-electron chi connectivity index (χ1n) is 12.5. The molecular weight excluding hydrogens is 530 g/mol. The van der Waals surface area contributed by atoms with Crippen LogP contribution >= 0.6 is 0 Å². The van der Waals surface area contributed by atoms with Crippen LogP contribution < -0.4 is 20.7 Å². The zero-order valence-corrected chi connectivity index (χ0v) is 21.8. The fourth-order valence-electron chi connectivity index (χ4n) is 3.99. The first kappa shape index (κ1) is 27.0. The van der Waals surface area contributed by atoms with Crippen LogP contribution in [0.4, 0.5) is 25.1 Å². The zero-order valence-electron chi connectivity index (χ0n) is 21.8. The molecule has 2 aromatic heterocycles. The molecule has 41 heavy (non-hydrogen) atoms. The van der Waals surface area contributed by atoms with Crippen molar-refractivity contribution in [1.29, 1.82) is 0 Å². The molecule has 0 saturated heterocycles. The minimum absolute atomic E-state index is 0.142. The Morgan fingerprint density at radius 3 is 2.41 bits per heavy atom. The van der Waals surface area contributed by atoms with Crippen molar-refractivity contribution in [1.82, 2.24) is 20.1 Å². The summed E-state index contributed by atoms with van der Waals surface area (Å²) in [5.74, 6) is -0.638. The van der Waals surface area contributed by atoms with Crippen LogP contribution in [0.1, 0.15) is 21.7 Å². The molecule has 0 unspecified atom stereocenters. The number of rotatable bonds is 8. The van der Waals surface area contributed by atoms with Gasteiger partial charge in [0, 0.05) is 43.6 Å². The maximum Gasteiger partial charge on any atom is 0.324 e. The number of anilines is 2. The van der Waals surface area contributed by atoms with E-state index in [-0.39, 0.29) is 23.1 Å². The molecule has 5 aromatic rings. The average Bonchev–Trinajstić information content (AvgIpc) is 3.36. The van der Waals surface area contributed by atoms with Crippen molar-refractivity contribution in [3.05, 3.63) is 126 Å². The van der Waals surface area contributed by atoms with Gasteiger partial charge in [-0.25, -0.2) is 18.3 Å². The predicted octanol–water partition coefficient (Wildman–Crippen LogP) is 5.93. The Hall–Kier alpha value is -5.58. The highest BCUT2D eigenvalue weighted by Gasteiger charge is 2.17. The van der Waals surface area contributed by atoms with Crippen LogP contribution in [0.3, 0.4) is 0 Å². The van der Waals surface area contributed by atoms with E-state index in [4.69, 9.17) is 4.74 Å². The Kier molecular flexibility index (Phi) is 7.95. The van der Waals surface area contributed by atoms with Gasteiger partial charge < -0.3 is 15.4 Å². The first-order valence-corrected chi connectivity index (χ1v) is 12.5. The Bertz CT molecular complexity index is 1690. The van der Waals surface area contributed by atoms with Gasteiger partial charge in [0.15, 0.2) is 0 Å². The molecule has 11 heteroatoms. The van der Waals surface area contributed by atoms with E-state index in [9.17, 15) is 18.4 Å².